The topological polar surface area (TPSA) is 189 Å². The SMILES string of the molecule is N#CNC1=NC(c2ccc(B(O)O)c(F)c2F)c2c(nc(N)c(C#N)c2N)N1. The highest BCUT2D eigenvalue weighted by molar-refractivity contribution is 6.58. The number of anilines is 3. The van der Waals surface area contributed by atoms with E-state index < -0.39 is 30.3 Å². The molecule has 2 aromatic rings. The smallest absolute Gasteiger partial charge is 0.423 e. The Hall–Kier alpha value is -3.94. The van der Waals surface area contributed by atoms with Crippen LogP contribution < -0.4 is 27.6 Å². The zero-order valence-corrected chi connectivity index (χ0v) is 13.9. The number of nitrogens with one attached hydrogen (secondary N) is 2. The van der Waals surface area contributed by atoms with E-state index in [0.29, 0.717) is 0 Å². The van der Waals surface area contributed by atoms with Gasteiger partial charge in [-0.3, -0.25) is 5.32 Å². The number of hydrogen-bond acceptors (Lipinski definition) is 10. The second-order valence-electron chi connectivity index (χ2n) is 5.65. The van der Waals surface area contributed by atoms with Gasteiger partial charge in [-0.15, -0.1) is 0 Å². The Morgan fingerprint density at radius 2 is 1.93 bits per heavy atom. The summed E-state index contributed by atoms with van der Waals surface area (Å²) in [6.45, 7) is 0. The molecule has 1 aromatic heterocycles. The molecule has 0 fully saturated rings. The van der Waals surface area contributed by atoms with E-state index in [2.05, 4.69) is 20.6 Å². The van der Waals surface area contributed by atoms with Gasteiger partial charge in [-0.05, 0) is 0 Å². The summed E-state index contributed by atoms with van der Waals surface area (Å²) < 4.78 is 28.9. The predicted octanol–water partition coefficient (Wildman–Crippen LogP) is -0.983. The maximum absolute atomic E-state index is 14.7. The first-order valence-corrected chi connectivity index (χ1v) is 7.62. The number of pyridine rings is 1. The molecule has 1 unspecified atom stereocenters. The van der Waals surface area contributed by atoms with E-state index in [4.69, 9.17) is 26.8 Å². The first-order valence-electron chi connectivity index (χ1n) is 7.62. The lowest BCUT2D eigenvalue weighted by Gasteiger charge is -2.26. The molecule has 0 saturated heterocycles. The molecule has 1 aromatic carbocycles. The van der Waals surface area contributed by atoms with Crippen molar-refractivity contribution in [2.45, 2.75) is 6.04 Å². The third-order valence-corrected chi connectivity index (χ3v) is 4.07. The van der Waals surface area contributed by atoms with Crippen LogP contribution in [0, 0.1) is 34.4 Å². The number of halogens is 2. The lowest BCUT2D eigenvalue weighted by molar-refractivity contribution is 0.419. The molecular formula is C15H11BF2N8O2. The molecule has 140 valence electrons. The first kappa shape index (κ1) is 18.8. The zero-order valence-electron chi connectivity index (χ0n) is 13.9. The van der Waals surface area contributed by atoms with Gasteiger partial charge in [0.25, 0.3) is 0 Å². The van der Waals surface area contributed by atoms with E-state index in [1.807, 2.05) is 0 Å². The Kier molecular flexibility index (Phi) is 4.71. The average Bonchev–Trinajstić information content (AvgIpc) is 2.63. The quantitative estimate of drug-likeness (QED) is 0.215. The fourth-order valence-corrected chi connectivity index (χ4v) is 2.80. The summed E-state index contributed by atoms with van der Waals surface area (Å²) in [5, 5.41) is 41.2. The summed E-state index contributed by atoms with van der Waals surface area (Å²) in [6.07, 6.45) is 1.62. The standard InChI is InChI=1S/C15H11BF2N8O2/c17-9-5(1-2-7(10(9)18)16(27)28)12-8-11(21)6(3-19)13(22)25-14(8)26-15(24-12)23-4-20/h1-2,12,27-28H,(H6,21,22,23,24,25,26). The number of nitrogens with two attached hydrogens (primary N) is 2. The third-order valence-electron chi connectivity index (χ3n) is 4.07. The molecule has 3 rings (SSSR count). The lowest BCUT2D eigenvalue weighted by Crippen LogP contribution is -2.35. The van der Waals surface area contributed by atoms with Gasteiger partial charge in [0, 0.05) is 16.6 Å². The van der Waals surface area contributed by atoms with Crippen LogP contribution in [0.4, 0.5) is 26.1 Å². The molecule has 1 aliphatic rings. The molecule has 0 aliphatic carbocycles. The van der Waals surface area contributed by atoms with Gasteiger partial charge in [-0.2, -0.15) is 10.5 Å². The van der Waals surface area contributed by atoms with Crippen molar-refractivity contribution in [3.8, 4) is 12.3 Å². The van der Waals surface area contributed by atoms with Crippen LogP contribution >= 0.6 is 0 Å². The number of rotatable bonds is 2. The Bertz CT molecular complexity index is 1090. The first-order chi connectivity index (χ1) is 13.3. The van der Waals surface area contributed by atoms with Crippen molar-refractivity contribution in [3.05, 3.63) is 40.5 Å². The van der Waals surface area contributed by atoms with Crippen LogP contribution in [-0.4, -0.2) is 28.1 Å². The molecule has 10 nitrogen and oxygen atoms in total. The van der Waals surface area contributed by atoms with E-state index in [9.17, 15) is 14.0 Å². The van der Waals surface area contributed by atoms with Crippen LogP contribution in [0.15, 0.2) is 17.1 Å². The number of nitriles is 2. The van der Waals surface area contributed by atoms with Crippen molar-refractivity contribution in [1.82, 2.24) is 10.3 Å². The number of nitrogens with zero attached hydrogens (tertiary/aromatic N) is 4. The number of guanidine groups is 1. The van der Waals surface area contributed by atoms with Crippen LogP contribution in [0.2, 0.25) is 0 Å². The molecule has 0 amide bonds. The molecule has 0 saturated carbocycles. The number of nitrogen functional groups attached to an aromatic ring is 2. The van der Waals surface area contributed by atoms with Crippen molar-refractivity contribution in [1.29, 1.82) is 10.5 Å². The molecule has 0 spiro atoms. The summed E-state index contributed by atoms with van der Waals surface area (Å²) in [4.78, 5) is 8.08. The molecular weight excluding hydrogens is 373 g/mol. The molecule has 0 bridgehead atoms. The highest BCUT2D eigenvalue weighted by Crippen LogP contribution is 2.41. The van der Waals surface area contributed by atoms with Crippen LogP contribution in [0.1, 0.15) is 22.7 Å². The molecule has 8 N–H and O–H groups in total. The number of benzene rings is 1. The minimum atomic E-state index is -2.22. The number of aliphatic imine (C=N–C) groups is 1. The van der Waals surface area contributed by atoms with Crippen molar-refractivity contribution < 1.29 is 18.8 Å². The van der Waals surface area contributed by atoms with Gasteiger partial charge < -0.3 is 26.8 Å². The Labute approximate surface area is 156 Å². The van der Waals surface area contributed by atoms with E-state index >= 15 is 0 Å². The van der Waals surface area contributed by atoms with E-state index in [1.165, 1.54) is 0 Å². The van der Waals surface area contributed by atoms with Crippen LogP contribution in [0.5, 0.6) is 0 Å². The van der Waals surface area contributed by atoms with Gasteiger partial charge in [0.2, 0.25) is 5.96 Å². The molecule has 0 radical (unpaired) electrons. The Balaban J connectivity index is 2.28. The number of hydrogen-bond donors (Lipinski definition) is 6. The van der Waals surface area contributed by atoms with Crippen molar-refractivity contribution in [2.24, 2.45) is 4.99 Å². The monoisotopic (exact) mass is 384 g/mol. The zero-order chi connectivity index (χ0) is 20.6. The van der Waals surface area contributed by atoms with Gasteiger partial charge in [0.1, 0.15) is 29.3 Å². The van der Waals surface area contributed by atoms with Gasteiger partial charge in [0.15, 0.2) is 17.8 Å². The summed E-state index contributed by atoms with van der Waals surface area (Å²) in [5.41, 5.74) is 10.4. The van der Waals surface area contributed by atoms with Crippen LogP contribution in [-0.2, 0) is 0 Å². The third kappa shape index (κ3) is 2.90. The van der Waals surface area contributed by atoms with Crippen molar-refractivity contribution in [2.75, 3.05) is 16.8 Å². The molecule has 1 atom stereocenters. The minimum Gasteiger partial charge on any atom is -0.423 e. The summed E-state index contributed by atoms with van der Waals surface area (Å²) in [6, 6.07) is 2.54. The maximum atomic E-state index is 14.7. The molecule has 13 heteroatoms. The van der Waals surface area contributed by atoms with E-state index in [-0.39, 0.29) is 40.0 Å². The van der Waals surface area contributed by atoms with Gasteiger partial charge >= 0.3 is 7.12 Å². The van der Waals surface area contributed by atoms with Crippen molar-refractivity contribution in [3.63, 3.8) is 0 Å². The fraction of sp³-hybridized carbons (Fsp3) is 0.0667. The van der Waals surface area contributed by atoms with Crippen LogP contribution in [0.3, 0.4) is 0 Å². The average molecular weight is 384 g/mol. The summed E-state index contributed by atoms with van der Waals surface area (Å²) in [7, 11) is -2.22. The Morgan fingerprint density at radius 3 is 2.54 bits per heavy atom. The largest absolute Gasteiger partial charge is 0.491 e. The second kappa shape index (κ2) is 7.00. The van der Waals surface area contributed by atoms with Gasteiger partial charge in [-0.1, -0.05) is 12.1 Å². The van der Waals surface area contributed by atoms with Gasteiger partial charge in [0.05, 0.1) is 5.69 Å². The molecule has 2 heterocycles. The normalized spacial score (nSPS) is 14.8. The minimum absolute atomic E-state index is 0.00201. The molecule has 1 aliphatic heterocycles. The molecule has 28 heavy (non-hydrogen) atoms. The number of aromatic nitrogens is 1. The Morgan fingerprint density at radius 1 is 1.21 bits per heavy atom. The van der Waals surface area contributed by atoms with Gasteiger partial charge in [-0.25, -0.2) is 18.8 Å². The highest BCUT2D eigenvalue weighted by Gasteiger charge is 2.33. The lowest BCUT2D eigenvalue weighted by atomic mass is 9.78. The van der Waals surface area contributed by atoms with Crippen molar-refractivity contribution >= 4 is 35.9 Å². The summed E-state index contributed by atoms with van der Waals surface area (Å²) in [5.74, 6) is -3.23. The highest BCUT2D eigenvalue weighted by atomic mass is 19.2. The fourth-order valence-electron chi connectivity index (χ4n) is 2.80. The second-order valence-corrected chi connectivity index (χ2v) is 5.65. The predicted molar refractivity (Wildman–Crippen MR) is 95.6 cm³/mol. The summed E-state index contributed by atoms with van der Waals surface area (Å²) >= 11 is 0. The number of fused-ring (bicyclic) bond motifs is 1. The van der Waals surface area contributed by atoms with E-state index in [0.717, 1.165) is 12.1 Å². The maximum Gasteiger partial charge on any atom is 0.491 e. The van der Waals surface area contributed by atoms with E-state index in [1.54, 1.807) is 12.3 Å². The van der Waals surface area contributed by atoms with Crippen LogP contribution in [0.25, 0.3) is 0 Å².